The number of rotatable bonds is 5. The van der Waals surface area contributed by atoms with Gasteiger partial charge in [0.2, 0.25) is 5.91 Å². The molecule has 1 aliphatic rings. The van der Waals surface area contributed by atoms with Crippen LogP contribution in [-0.4, -0.2) is 41.7 Å². The van der Waals surface area contributed by atoms with Gasteiger partial charge in [0, 0.05) is 19.5 Å². The first-order valence-corrected chi connectivity index (χ1v) is 7.50. The van der Waals surface area contributed by atoms with Gasteiger partial charge < -0.3 is 15.7 Å². The molecule has 0 aromatic rings. The van der Waals surface area contributed by atoms with Gasteiger partial charge >= 0.3 is 0 Å². The van der Waals surface area contributed by atoms with E-state index in [1.54, 1.807) is 0 Å². The average molecular weight is 270 g/mol. The second-order valence-corrected chi connectivity index (χ2v) is 6.79. The number of aliphatic hydroxyl groups is 1. The molecule has 1 rings (SSSR count). The molecule has 1 heterocycles. The molecule has 0 spiro atoms. The van der Waals surface area contributed by atoms with Crippen molar-refractivity contribution >= 4 is 5.91 Å². The van der Waals surface area contributed by atoms with Crippen molar-refractivity contribution in [1.82, 2.24) is 4.90 Å². The van der Waals surface area contributed by atoms with Crippen molar-refractivity contribution in [3.63, 3.8) is 0 Å². The summed E-state index contributed by atoms with van der Waals surface area (Å²) in [5.74, 6) is 0.731. The third-order valence-corrected chi connectivity index (χ3v) is 4.26. The van der Waals surface area contributed by atoms with Crippen molar-refractivity contribution in [2.75, 3.05) is 19.6 Å². The van der Waals surface area contributed by atoms with Crippen LogP contribution in [0.15, 0.2) is 0 Å². The lowest BCUT2D eigenvalue weighted by Gasteiger charge is -2.33. The van der Waals surface area contributed by atoms with Gasteiger partial charge in [0.25, 0.3) is 0 Å². The number of nitrogens with two attached hydrogens (primary N) is 1. The maximum absolute atomic E-state index is 12.2. The smallest absolute Gasteiger partial charge is 0.222 e. The molecule has 1 amide bonds. The molecule has 3 N–H and O–H groups in total. The second kappa shape index (κ2) is 7.25. The van der Waals surface area contributed by atoms with Crippen molar-refractivity contribution < 1.29 is 9.90 Å². The Morgan fingerprint density at radius 3 is 2.37 bits per heavy atom. The summed E-state index contributed by atoms with van der Waals surface area (Å²) in [5.41, 5.74) is 5.87. The summed E-state index contributed by atoms with van der Waals surface area (Å²) in [5, 5.41) is 9.45. The van der Waals surface area contributed by atoms with E-state index in [1.807, 2.05) is 4.90 Å². The van der Waals surface area contributed by atoms with Gasteiger partial charge in [-0.2, -0.15) is 0 Å². The Morgan fingerprint density at radius 1 is 1.32 bits per heavy atom. The Morgan fingerprint density at radius 2 is 1.89 bits per heavy atom. The Labute approximate surface area is 117 Å². The Kier molecular flexibility index (Phi) is 6.27. The molecular formula is C15H30N2O2. The fourth-order valence-electron chi connectivity index (χ4n) is 2.78. The number of aliphatic hydroxyl groups excluding tert-OH is 1. The van der Waals surface area contributed by atoms with Crippen LogP contribution in [0.4, 0.5) is 0 Å². The van der Waals surface area contributed by atoms with Crippen LogP contribution in [0.1, 0.15) is 52.9 Å². The first-order valence-electron chi connectivity index (χ1n) is 7.50. The predicted octanol–water partition coefficient (Wildman–Crippen LogP) is 1.76. The Balaban J connectivity index is 2.39. The first kappa shape index (κ1) is 16.4. The highest BCUT2D eigenvalue weighted by atomic mass is 16.3. The molecule has 1 fully saturated rings. The topological polar surface area (TPSA) is 66.6 Å². The Hall–Kier alpha value is -0.610. The van der Waals surface area contributed by atoms with Gasteiger partial charge in [-0.05, 0) is 43.6 Å². The predicted molar refractivity (Wildman–Crippen MR) is 77.7 cm³/mol. The van der Waals surface area contributed by atoms with Crippen molar-refractivity contribution in [1.29, 1.82) is 0 Å². The number of piperidine rings is 1. The molecule has 4 nitrogen and oxygen atoms in total. The SMILES string of the molecule is CC(C)(C)C(CCN)CCC(=O)N1CCC(O)CC1. The van der Waals surface area contributed by atoms with Crippen LogP contribution in [-0.2, 0) is 4.79 Å². The number of carbonyl (C=O) groups is 1. The molecule has 0 radical (unpaired) electrons. The molecule has 19 heavy (non-hydrogen) atoms. The monoisotopic (exact) mass is 270 g/mol. The lowest BCUT2D eigenvalue weighted by atomic mass is 9.76. The molecule has 4 heteroatoms. The summed E-state index contributed by atoms with van der Waals surface area (Å²) in [6.07, 6.45) is 3.73. The van der Waals surface area contributed by atoms with Gasteiger partial charge in [0.1, 0.15) is 0 Å². The maximum atomic E-state index is 12.2. The molecule has 1 atom stereocenters. The van der Waals surface area contributed by atoms with Crippen LogP contribution in [0.3, 0.4) is 0 Å². The van der Waals surface area contributed by atoms with E-state index in [4.69, 9.17) is 5.73 Å². The zero-order valence-electron chi connectivity index (χ0n) is 12.7. The summed E-state index contributed by atoms with van der Waals surface area (Å²) in [6.45, 7) is 8.75. The molecule has 0 aliphatic carbocycles. The quantitative estimate of drug-likeness (QED) is 0.800. The third kappa shape index (κ3) is 5.49. The van der Waals surface area contributed by atoms with Crippen LogP contribution in [0, 0.1) is 11.3 Å². The number of hydrogen-bond acceptors (Lipinski definition) is 3. The molecular weight excluding hydrogens is 240 g/mol. The van der Waals surface area contributed by atoms with Gasteiger partial charge in [-0.25, -0.2) is 0 Å². The largest absolute Gasteiger partial charge is 0.393 e. The highest BCUT2D eigenvalue weighted by Gasteiger charge is 2.26. The fourth-order valence-corrected chi connectivity index (χ4v) is 2.78. The molecule has 0 saturated carbocycles. The summed E-state index contributed by atoms with van der Waals surface area (Å²) >= 11 is 0. The first-order chi connectivity index (χ1) is 8.84. The van der Waals surface area contributed by atoms with Gasteiger partial charge in [-0.15, -0.1) is 0 Å². The van der Waals surface area contributed by atoms with Crippen molar-refractivity contribution in [2.24, 2.45) is 17.1 Å². The maximum Gasteiger partial charge on any atom is 0.222 e. The van der Waals surface area contributed by atoms with Crippen LogP contribution >= 0.6 is 0 Å². The third-order valence-electron chi connectivity index (χ3n) is 4.26. The fraction of sp³-hybridized carbons (Fsp3) is 0.933. The van der Waals surface area contributed by atoms with Crippen LogP contribution in [0.2, 0.25) is 0 Å². The molecule has 1 saturated heterocycles. The van der Waals surface area contributed by atoms with E-state index in [0.717, 1.165) is 25.7 Å². The molecule has 0 bridgehead atoms. The zero-order chi connectivity index (χ0) is 14.5. The van der Waals surface area contributed by atoms with Crippen molar-refractivity contribution in [3.05, 3.63) is 0 Å². The number of carbonyl (C=O) groups excluding carboxylic acids is 1. The standard InChI is InChI=1S/C15H30N2O2/c1-15(2,3)12(6-9-16)4-5-14(19)17-10-7-13(18)8-11-17/h12-13,18H,4-11,16H2,1-3H3. The summed E-state index contributed by atoms with van der Waals surface area (Å²) in [4.78, 5) is 14.1. The zero-order valence-corrected chi connectivity index (χ0v) is 12.7. The van der Waals surface area contributed by atoms with E-state index in [2.05, 4.69) is 20.8 Å². The van der Waals surface area contributed by atoms with Crippen molar-refractivity contribution in [2.45, 2.75) is 59.0 Å². The highest BCUT2D eigenvalue weighted by Crippen LogP contribution is 2.32. The number of nitrogens with zero attached hydrogens (tertiary/aromatic N) is 1. The summed E-state index contributed by atoms with van der Waals surface area (Å²) in [6, 6.07) is 0. The van der Waals surface area contributed by atoms with Gasteiger partial charge in [0.05, 0.1) is 6.10 Å². The van der Waals surface area contributed by atoms with E-state index in [0.29, 0.717) is 32.0 Å². The summed E-state index contributed by atoms with van der Waals surface area (Å²) in [7, 11) is 0. The number of likely N-dealkylation sites (tertiary alicyclic amines) is 1. The van der Waals surface area contributed by atoms with E-state index in [1.165, 1.54) is 0 Å². The van der Waals surface area contributed by atoms with Crippen LogP contribution < -0.4 is 5.73 Å². The highest BCUT2D eigenvalue weighted by molar-refractivity contribution is 5.76. The van der Waals surface area contributed by atoms with Gasteiger partial charge in [-0.3, -0.25) is 4.79 Å². The molecule has 1 aliphatic heterocycles. The normalized spacial score (nSPS) is 19.5. The minimum atomic E-state index is -0.219. The van der Waals surface area contributed by atoms with E-state index in [-0.39, 0.29) is 17.4 Å². The Bertz CT molecular complexity index is 278. The number of amides is 1. The summed E-state index contributed by atoms with van der Waals surface area (Å²) < 4.78 is 0. The van der Waals surface area contributed by atoms with Gasteiger partial charge in [0.15, 0.2) is 0 Å². The minimum absolute atomic E-state index is 0.206. The van der Waals surface area contributed by atoms with E-state index < -0.39 is 0 Å². The van der Waals surface area contributed by atoms with Crippen LogP contribution in [0.25, 0.3) is 0 Å². The lowest BCUT2D eigenvalue weighted by Crippen LogP contribution is -2.40. The molecule has 112 valence electrons. The molecule has 0 aromatic heterocycles. The van der Waals surface area contributed by atoms with E-state index >= 15 is 0 Å². The van der Waals surface area contributed by atoms with Crippen molar-refractivity contribution in [3.8, 4) is 0 Å². The second-order valence-electron chi connectivity index (χ2n) is 6.79. The lowest BCUT2D eigenvalue weighted by molar-refractivity contribution is -0.133. The van der Waals surface area contributed by atoms with E-state index in [9.17, 15) is 9.90 Å². The molecule has 1 unspecified atom stereocenters. The average Bonchev–Trinajstić information content (AvgIpc) is 2.33. The minimum Gasteiger partial charge on any atom is -0.393 e. The molecule has 0 aromatic carbocycles. The number of hydrogen-bond donors (Lipinski definition) is 2. The van der Waals surface area contributed by atoms with Crippen LogP contribution in [0.5, 0.6) is 0 Å². The van der Waals surface area contributed by atoms with Gasteiger partial charge in [-0.1, -0.05) is 20.8 Å².